The summed E-state index contributed by atoms with van der Waals surface area (Å²) in [5, 5.41) is 0. The molecule has 1 aromatic heterocycles. The molecule has 0 aliphatic rings. The van der Waals surface area contributed by atoms with Gasteiger partial charge in [-0.15, -0.1) is 0 Å². The number of nitrogens with zero attached hydrogens (tertiary/aromatic N) is 3. The average molecular weight is 504 g/mol. The predicted molar refractivity (Wildman–Crippen MR) is 137 cm³/mol. The van der Waals surface area contributed by atoms with E-state index in [9.17, 15) is 13.2 Å². The van der Waals surface area contributed by atoms with Crippen LogP contribution in [0.5, 0.6) is 5.75 Å². The highest BCUT2D eigenvalue weighted by atomic mass is 32.2. The molecule has 0 saturated carbocycles. The van der Waals surface area contributed by atoms with Crippen LogP contribution in [-0.4, -0.2) is 43.4 Å². The number of ether oxygens (including phenoxy) is 1. The van der Waals surface area contributed by atoms with Crippen molar-refractivity contribution in [2.75, 3.05) is 20.2 Å². The smallest absolute Gasteiger partial charge is 0.279 e. The van der Waals surface area contributed by atoms with E-state index in [1.807, 2.05) is 57.4 Å². The molecule has 0 unspecified atom stereocenters. The number of hydrogen-bond donors (Lipinski definition) is 0. The number of carbonyl (C=O) groups excluding carboxylic acids is 1. The van der Waals surface area contributed by atoms with Gasteiger partial charge in [-0.25, -0.2) is 8.42 Å². The Morgan fingerprint density at radius 3 is 2.21 bits per heavy atom. The molecule has 3 rings (SSSR count). The highest BCUT2D eigenvalue weighted by molar-refractivity contribution is 7.89. The molecule has 0 fully saturated rings. The van der Waals surface area contributed by atoms with Crippen LogP contribution in [0.3, 0.4) is 0 Å². The van der Waals surface area contributed by atoms with E-state index in [1.165, 1.54) is 39.9 Å². The van der Waals surface area contributed by atoms with E-state index in [1.54, 1.807) is 7.11 Å². The lowest BCUT2D eigenvalue weighted by Gasteiger charge is -2.25. The van der Waals surface area contributed by atoms with E-state index in [-0.39, 0.29) is 16.7 Å². The first-order valence-corrected chi connectivity index (χ1v) is 13.7. The van der Waals surface area contributed by atoms with E-state index >= 15 is 0 Å². The summed E-state index contributed by atoms with van der Waals surface area (Å²) >= 11 is 1.42. The van der Waals surface area contributed by atoms with Crippen molar-refractivity contribution in [2.24, 2.45) is 16.8 Å². The standard InChI is InChI=1S/C25H33N3O4S2/c1-7-28-22-13-10-20(32-6)14-23(22)33-25(28)26-24(29)19-8-11-21(12-9-19)34(30,31)27(15-17(2)3)16-18(4)5/h8-14,17-18H,7,15-16H2,1-6H3. The minimum atomic E-state index is -3.65. The fourth-order valence-electron chi connectivity index (χ4n) is 3.73. The minimum absolute atomic E-state index is 0.183. The second kappa shape index (κ2) is 10.8. The van der Waals surface area contributed by atoms with Gasteiger partial charge in [0.25, 0.3) is 5.91 Å². The molecule has 34 heavy (non-hydrogen) atoms. The number of carbonyl (C=O) groups is 1. The first-order valence-electron chi connectivity index (χ1n) is 11.4. The number of fused-ring (bicyclic) bond motifs is 1. The maximum absolute atomic E-state index is 13.2. The van der Waals surface area contributed by atoms with Crippen LogP contribution in [0, 0.1) is 11.8 Å². The van der Waals surface area contributed by atoms with Crippen LogP contribution in [-0.2, 0) is 16.6 Å². The Bertz CT molecular complexity index is 1310. The zero-order chi connectivity index (χ0) is 25.0. The summed E-state index contributed by atoms with van der Waals surface area (Å²) < 4.78 is 36.2. The summed E-state index contributed by atoms with van der Waals surface area (Å²) in [6.45, 7) is 11.6. The summed E-state index contributed by atoms with van der Waals surface area (Å²) in [4.78, 5) is 18.0. The maximum Gasteiger partial charge on any atom is 0.279 e. The third kappa shape index (κ3) is 5.76. The minimum Gasteiger partial charge on any atom is -0.497 e. The van der Waals surface area contributed by atoms with E-state index in [0.717, 1.165) is 16.0 Å². The summed E-state index contributed by atoms with van der Waals surface area (Å²) in [6, 6.07) is 11.8. The maximum atomic E-state index is 13.2. The number of aromatic nitrogens is 1. The number of benzene rings is 2. The van der Waals surface area contributed by atoms with Gasteiger partial charge < -0.3 is 9.30 Å². The van der Waals surface area contributed by atoms with Crippen molar-refractivity contribution < 1.29 is 17.9 Å². The number of thiazole rings is 1. The molecule has 184 valence electrons. The SMILES string of the molecule is CCn1c(=NC(=O)c2ccc(S(=O)(=O)N(CC(C)C)CC(C)C)cc2)sc2cc(OC)ccc21. The lowest BCUT2D eigenvalue weighted by Crippen LogP contribution is -2.37. The highest BCUT2D eigenvalue weighted by Crippen LogP contribution is 2.23. The molecule has 0 radical (unpaired) electrons. The molecule has 0 aliphatic carbocycles. The van der Waals surface area contributed by atoms with Crippen molar-refractivity contribution in [3.63, 3.8) is 0 Å². The fourth-order valence-corrected chi connectivity index (χ4v) is 6.61. The Hall–Kier alpha value is -2.49. The van der Waals surface area contributed by atoms with Crippen molar-refractivity contribution >= 4 is 37.5 Å². The molecular weight excluding hydrogens is 470 g/mol. The van der Waals surface area contributed by atoms with Crippen LogP contribution in [0.2, 0.25) is 0 Å². The van der Waals surface area contributed by atoms with E-state index in [4.69, 9.17) is 4.74 Å². The third-order valence-electron chi connectivity index (χ3n) is 5.28. The van der Waals surface area contributed by atoms with Crippen LogP contribution in [0.25, 0.3) is 10.2 Å². The van der Waals surface area contributed by atoms with Crippen LogP contribution < -0.4 is 9.54 Å². The largest absolute Gasteiger partial charge is 0.497 e. The molecule has 0 aliphatic heterocycles. The van der Waals surface area contributed by atoms with Gasteiger partial charge in [0.2, 0.25) is 10.0 Å². The van der Waals surface area contributed by atoms with Gasteiger partial charge in [0.05, 0.1) is 22.2 Å². The number of aryl methyl sites for hydroxylation is 1. The van der Waals surface area contributed by atoms with E-state index in [2.05, 4.69) is 4.99 Å². The normalized spacial score (nSPS) is 12.9. The predicted octanol–water partition coefficient (Wildman–Crippen LogP) is 4.78. The molecule has 0 spiro atoms. The van der Waals surface area contributed by atoms with E-state index in [0.29, 0.717) is 30.0 Å². The van der Waals surface area contributed by atoms with Gasteiger partial charge in [-0.3, -0.25) is 4.79 Å². The zero-order valence-corrected chi connectivity index (χ0v) is 22.2. The number of sulfonamides is 1. The Morgan fingerprint density at radius 2 is 1.68 bits per heavy atom. The second-order valence-electron chi connectivity index (χ2n) is 9.01. The summed E-state index contributed by atoms with van der Waals surface area (Å²) in [5.41, 5.74) is 1.33. The van der Waals surface area contributed by atoms with Crippen molar-refractivity contribution in [3.8, 4) is 5.75 Å². The van der Waals surface area contributed by atoms with Crippen molar-refractivity contribution in [2.45, 2.75) is 46.1 Å². The van der Waals surface area contributed by atoms with Crippen molar-refractivity contribution in [1.82, 2.24) is 8.87 Å². The van der Waals surface area contributed by atoms with Crippen LogP contribution in [0.4, 0.5) is 0 Å². The molecule has 1 amide bonds. The number of methoxy groups -OCH3 is 1. The highest BCUT2D eigenvalue weighted by Gasteiger charge is 2.26. The molecule has 0 bridgehead atoms. The topological polar surface area (TPSA) is 81.0 Å². The molecule has 9 heteroatoms. The number of amides is 1. The molecule has 0 saturated heterocycles. The third-order valence-corrected chi connectivity index (χ3v) is 8.17. The fraction of sp³-hybridized carbons (Fsp3) is 0.440. The average Bonchev–Trinajstić information content (AvgIpc) is 3.13. The Kier molecular flexibility index (Phi) is 8.33. The zero-order valence-electron chi connectivity index (χ0n) is 20.6. The number of hydrogen-bond acceptors (Lipinski definition) is 5. The van der Waals surface area contributed by atoms with Gasteiger partial charge in [0.15, 0.2) is 4.80 Å². The summed E-state index contributed by atoms with van der Waals surface area (Å²) in [6.07, 6.45) is 0. The molecule has 3 aromatic rings. The lowest BCUT2D eigenvalue weighted by molar-refractivity contribution is 0.0997. The molecule has 1 heterocycles. The van der Waals surface area contributed by atoms with E-state index < -0.39 is 15.9 Å². The van der Waals surface area contributed by atoms with Gasteiger partial charge in [0, 0.05) is 25.2 Å². The molecule has 2 aromatic carbocycles. The van der Waals surface area contributed by atoms with Gasteiger partial charge >= 0.3 is 0 Å². The quantitative estimate of drug-likeness (QED) is 0.421. The summed E-state index contributed by atoms with van der Waals surface area (Å²) in [7, 11) is -2.03. The lowest BCUT2D eigenvalue weighted by atomic mass is 10.2. The Balaban J connectivity index is 1.93. The van der Waals surface area contributed by atoms with Gasteiger partial charge in [-0.05, 0) is 61.2 Å². The second-order valence-corrected chi connectivity index (χ2v) is 12.0. The van der Waals surface area contributed by atoms with Gasteiger partial charge in [-0.2, -0.15) is 9.30 Å². The molecule has 0 N–H and O–H groups in total. The van der Waals surface area contributed by atoms with Crippen LogP contribution in [0.1, 0.15) is 45.0 Å². The van der Waals surface area contributed by atoms with Crippen LogP contribution >= 0.6 is 11.3 Å². The molecule has 7 nitrogen and oxygen atoms in total. The first-order chi connectivity index (χ1) is 16.1. The Labute approximate surface area is 205 Å². The van der Waals surface area contributed by atoms with Crippen molar-refractivity contribution in [1.29, 1.82) is 0 Å². The summed E-state index contributed by atoms with van der Waals surface area (Å²) in [5.74, 6) is 0.751. The van der Waals surface area contributed by atoms with Gasteiger partial charge in [-0.1, -0.05) is 39.0 Å². The molecular formula is C25H33N3O4S2. The monoisotopic (exact) mass is 503 g/mol. The molecule has 0 atom stereocenters. The van der Waals surface area contributed by atoms with Gasteiger partial charge in [0.1, 0.15) is 5.75 Å². The first kappa shape index (κ1) is 26.1. The number of rotatable bonds is 9. The van der Waals surface area contributed by atoms with Crippen LogP contribution in [0.15, 0.2) is 52.4 Å². The Morgan fingerprint density at radius 1 is 1.06 bits per heavy atom. The van der Waals surface area contributed by atoms with Crippen molar-refractivity contribution in [3.05, 3.63) is 52.8 Å².